The molecular weight excluding hydrogens is 128 g/mol. The van der Waals surface area contributed by atoms with Gasteiger partial charge in [-0.2, -0.15) is 0 Å². The van der Waals surface area contributed by atoms with E-state index in [1.54, 1.807) is 7.11 Å². The summed E-state index contributed by atoms with van der Waals surface area (Å²) < 4.78 is 4.94. The van der Waals surface area contributed by atoms with E-state index < -0.39 is 0 Å². The molecule has 60 valence electrons. The maximum Gasteiger partial charge on any atom is 0.118 e. The topological polar surface area (TPSA) is 38.5 Å². The Bertz CT molecular complexity index is 102. The fourth-order valence-electron chi connectivity index (χ4n) is 0.624. The molecule has 0 spiro atoms. The average molecular weight is 144 g/mol. The van der Waals surface area contributed by atoms with Crippen molar-refractivity contribution in [3.8, 4) is 0 Å². The molecule has 3 heteroatoms. The maximum absolute atomic E-state index is 5.22. The van der Waals surface area contributed by atoms with Crippen LogP contribution in [-0.2, 0) is 4.74 Å². The van der Waals surface area contributed by atoms with E-state index in [-0.39, 0.29) is 0 Å². The second kappa shape index (κ2) is 5.11. The molecule has 0 bridgehead atoms. The molecule has 0 rings (SSSR count). The third-order valence-corrected chi connectivity index (χ3v) is 1.22. The first-order chi connectivity index (χ1) is 4.72. The van der Waals surface area contributed by atoms with Gasteiger partial charge < -0.3 is 15.4 Å². The minimum absolute atomic E-state index is 0.430. The van der Waals surface area contributed by atoms with Crippen molar-refractivity contribution in [3.05, 3.63) is 12.4 Å². The van der Waals surface area contributed by atoms with Crippen molar-refractivity contribution in [1.82, 2.24) is 4.90 Å². The molecule has 0 saturated heterocycles. The molecule has 0 saturated carbocycles. The van der Waals surface area contributed by atoms with Gasteiger partial charge in [0.25, 0.3) is 0 Å². The van der Waals surface area contributed by atoms with Gasteiger partial charge in [-0.1, -0.05) is 0 Å². The molecule has 0 radical (unpaired) electrons. The molecule has 10 heavy (non-hydrogen) atoms. The smallest absolute Gasteiger partial charge is 0.118 e. The third kappa shape index (κ3) is 3.35. The van der Waals surface area contributed by atoms with Crippen molar-refractivity contribution in [2.45, 2.75) is 19.9 Å². The molecule has 2 N–H and O–H groups in total. The van der Waals surface area contributed by atoms with Crippen LogP contribution in [0.5, 0.6) is 0 Å². The van der Waals surface area contributed by atoms with Gasteiger partial charge in [0.2, 0.25) is 0 Å². The minimum Gasteiger partial charge on any atom is -0.403 e. The highest BCUT2D eigenvalue weighted by atomic mass is 16.5. The Hall–Kier alpha value is -0.700. The number of hydrogen-bond acceptors (Lipinski definition) is 3. The molecule has 3 nitrogen and oxygen atoms in total. The van der Waals surface area contributed by atoms with Crippen molar-refractivity contribution in [3.63, 3.8) is 0 Å². The highest BCUT2D eigenvalue weighted by Crippen LogP contribution is 1.96. The summed E-state index contributed by atoms with van der Waals surface area (Å²) in [5, 5.41) is 0. The van der Waals surface area contributed by atoms with Gasteiger partial charge in [-0.25, -0.2) is 0 Å². The van der Waals surface area contributed by atoms with Crippen LogP contribution in [0.4, 0.5) is 0 Å². The van der Waals surface area contributed by atoms with Gasteiger partial charge in [-0.15, -0.1) is 0 Å². The Labute approximate surface area is 62.5 Å². The Balaban J connectivity index is 3.72. The predicted octanol–water partition coefficient (Wildman–Crippen LogP) is 0.731. The third-order valence-electron chi connectivity index (χ3n) is 1.22. The number of methoxy groups -OCH3 is 1. The van der Waals surface area contributed by atoms with Crippen LogP contribution in [0.25, 0.3) is 0 Å². The van der Waals surface area contributed by atoms with Gasteiger partial charge in [-0.3, -0.25) is 0 Å². The van der Waals surface area contributed by atoms with Gasteiger partial charge in [0.05, 0.1) is 0 Å². The summed E-state index contributed by atoms with van der Waals surface area (Å²) >= 11 is 0. The first-order valence-electron chi connectivity index (χ1n) is 3.35. The summed E-state index contributed by atoms with van der Waals surface area (Å²) in [5.41, 5.74) is 5.22. The van der Waals surface area contributed by atoms with E-state index in [0.717, 1.165) is 0 Å². The molecular formula is C7H16N2O. The van der Waals surface area contributed by atoms with Crippen LogP contribution in [0.2, 0.25) is 0 Å². The van der Waals surface area contributed by atoms with Crippen molar-refractivity contribution in [2.24, 2.45) is 5.73 Å². The summed E-state index contributed by atoms with van der Waals surface area (Å²) in [5.74, 6) is 0. The van der Waals surface area contributed by atoms with Crippen LogP contribution in [0.1, 0.15) is 13.8 Å². The highest BCUT2D eigenvalue weighted by Gasteiger charge is 2.00. The highest BCUT2D eigenvalue weighted by molar-refractivity contribution is 4.77. The standard InChI is InChI=1S/C7H16N2O/c1-7(2)9(5-4-8)6-10-3/h4-5,7H,6,8H2,1-3H3/b5-4-. The summed E-state index contributed by atoms with van der Waals surface area (Å²) in [4.78, 5) is 2.00. The second-order valence-corrected chi connectivity index (χ2v) is 2.37. The van der Waals surface area contributed by atoms with E-state index in [4.69, 9.17) is 10.5 Å². The molecule has 0 amide bonds. The second-order valence-electron chi connectivity index (χ2n) is 2.37. The molecule has 0 aromatic heterocycles. The number of ether oxygens (including phenoxy) is 1. The normalized spacial score (nSPS) is 11.2. The summed E-state index contributed by atoms with van der Waals surface area (Å²) in [7, 11) is 1.67. The van der Waals surface area contributed by atoms with Crippen LogP contribution in [0, 0.1) is 0 Å². The predicted molar refractivity (Wildman–Crippen MR) is 42.2 cm³/mol. The lowest BCUT2D eigenvalue weighted by molar-refractivity contribution is 0.0778. The van der Waals surface area contributed by atoms with E-state index in [9.17, 15) is 0 Å². The Morgan fingerprint density at radius 1 is 1.60 bits per heavy atom. The summed E-state index contributed by atoms with van der Waals surface area (Å²) in [6, 6.07) is 0.430. The SMILES string of the molecule is COCN(/C=C\N)C(C)C. The molecule has 0 aromatic carbocycles. The van der Waals surface area contributed by atoms with Crippen molar-refractivity contribution in [1.29, 1.82) is 0 Å². The Morgan fingerprint density at radius 3 is 2.50 bits per heavy atom. The van der Waals surface area contributed by atoms with E-state index in [1.807, 2.05) is 11.1 Å². The van der Waals surface area contributed by atoms with E-state index >= 15 is 0 Å². The average Bonchev–Trinajstić information content (AvgIpc) is 1.87. The number of hydrogen-bond donors (Lipinski definition) is 1. The summed E-state index contributed by atoms with van der Waals surface area (Å²) in [6.07, 6.45) is 3.33. The van der Waals surface area contributed by atoms with Gasteiger partial charge in [0.1, 0.15) is 6.73 Å². The number of rotatable bonds is 4. The molecule has 0 aromatic rings. The zero-order valence-corrected chi connectivity index (χ0v) is 6.87. The molecule has 0 atom stereocenters. The lowest BCUT2D eigenvalue weighted by Gasteiger charge is -2.22. The maximum atomic E-state index is 5.22. The molecule has 0 fully saturated rings. The molecule has 0 aliphatic heterocycles. The quantitative estimate of drug-likeness (QED) is 0.591. The fourth-order valence-corrected chi connectivity index (χ4v) is 0.624. The van der Waals surface area contributed by atoms with Gasteiger partial charge in [-0.05, 0) is 13.8 Å². The number of nitrogens with two attached hydrogens (primary N) is 1. The largest absolute Gasteiger partial charge is 0.403 e. The minimum atomic E-state index is 0.430. The first-order valence-corrected chi connectivity index (χ1v) is 3.35. The van der Waals surface area contributed by atoms with Crippen LogP contribution >= 0.6 is 0 Å². The van der Waals surface area contributed by atoms with E-state index in [2.05, 4.69) is 13.8 Å². The van der Waals surface area contributed by atoms with Crippen molar-refractivity contribution < 1.29 is 4.74 Å². The van der Waals surface area contributed by atoms with E-state index in [1.165, 1.54) is 6.20 Å². The van der Waals surface area contributed by atoms with Crippen molar-refractivity contribution in [2.75, 3.05) is 13.8 Å². The van der Waals surface area contributed by atoms with Crippen LogP contribution in [0.3, 0.4) is 0 Å². The summed E-state index contributed by atoms with van der Waals surface area (Å²) in [6.45, 7) is 4.75. The molecule has 0 heterocycles. The zero-order chi connectivity index (χ0) is 7.98. The fraction of sp³-hybridized carbons (Fsp3) is 0.714. The van der Waals surface area contributed by atoms with Gasteiger partial charge in [0, 0.05) is 25.6 Å². The molecule has 0 unspecified atom stereocenters. The lowest BCUT2D eigenvalue weighted by atomic mass is 10.4. The van der Waals surface area contributed by atoms with Crippen molar-refractivity contribution >= 4 is 0 Å². The van der Waals surface area contributed by atoms with Crippen LogP contribution in [-0.4, -0.2) is 24.8 Å². The van der Waals surface area contributed by atoms with Crippen LogP contribution < -0.4 is 5.73 Å². The van der Waals surface area contributed by atoms with Gasteiger partial charge in [0.15, 0.2) is 0 Å². The Morgan fingerprint density at radius 2 is 2.20 bits per heavy atom. The monoisotopic (exact) mass is 144 g/mol. The molecule has 0 aliphatic rings. The first kappa shape index (κ1) is 9.30. The van der Waals surface area contributed by atoms with Gasteiger partial charge >= 0.3 is 0 Å². The Kier molecular flexibility index (Phi) is 4.76. The number of nitrogens with zero attached hydrogens (tertiary/aromatic N) is 1. The molecule has 0 aliphatic carbocycles. The van der Waals surface area contributed by atoms with Crippen LogP contribution in [0.15, 0.2) is 12.4 Å². The lowest BCUT2D eigenvalue weighted by Crippen LogP contribution is -2.27. The van der Waals surface area contributed by atoms with E-state index in [0.29, 0.717) is 12.8 Å². The zero-order valence-electron chi connectivity index (χ0n) is 6.87.